The summed E-state index contributed by atoms with van der Waals surface area (Å²) in [5.74, 6) is -2.98. The van der Waals surface area contributed by atoms with Crippen LogP contribution < -0.4 is 10.2 Å². The molecule has 0 aliphatic carbocycles. The summed E-state index contributed by atoms with van der Waals surface area (Å²) in [6.07, 6.45) is 1.05. The molecule has 4 amide bonds. The Balaban J connectivity index is 1.88. The first-order chi connectivity index (χ1) is 12.9. The van der Waals surface area contributed by atoms with Gasteiger partial charge in [0.05, 0.1) is 16.3 Å². The Labute approximate surface area is 157 Å². The molecule has 1 heterocycles. The number of anilines is 1. The zero-order valence-corrected chi connectivity index (χ0v) is 14.3. The van der Waals surface area contributed by atoms with Crippen molar-refractivity contribution in [2.45, 2.75) is 0 Å². The Morgan fingerprint density at radius 3 is 2.52 bits per heavy atom. The lowest BCUT2D eigenvalue weighted by Gasteiger charge is -2.28. The van der Waals surface area contributed by atoms with Crippen molar-refractivity contribution in [1.82, 2.24) is 5.32 Å². The lowest BCUT2D eigenvalue weighted by atomic mass is 10.1. The molecule has 27 heavy (non-hydrogen) atoms. The average Bonchev–Trinajstić information content (AvgIpc) is 2.63. The molecule has 1 aliphatic rings. The smallest absolute Gasteiger partial charge is 0.276 e. The molecule has 2 aromatic carbocycles. The molecule has 1 aliphatic heterocycles. The van der Waals surface area contributed by atoms with Crippen LogP contribution in [0.1, 0.15) is 0 Å². The second-order valence-electron chi connectivity index (χ2n) is 5.48. The minimum atomic E-state index is -1.36. The van der Waals surface area contributed by atoms with Gasteiger partial charge in [0, 0.05) is 23.4 Å². The van der Waals surface area contributed by atoms with E-state index in [0.29, 0.717) is 5.02 Å². The minimum absolute atomic E-state index is 0.179. The van der Waals surface area contributed by atoms with Crippen LogP contribution in [-0.2, 0) is 9.59 Å². The van der Waals surface area contributed by atoms with Gasteiger partial charge in [-0.05, 0) is 30.3 Å². The van der Waals surface area contributed by atoms with E-state index in [0.717, 1.165) is 11.1 Å². The summed E-state index contributed by atoms with van der Waals surface area (Å²) in [5.41, 5.74) is 0.255. The molecule has 0 saturated carbocycles. The fourth-order valence-corrected chi connectivity index (χ4v) is 2.53. The van der Waals surface area contributed by atoms with Gasteiger partial charge in [0.1, 0.15) is 0 Å². The van der Waals surface area contributed by atoms with E-state index in [1.165, 1.54) is 48.5 Å². The van der Waals surface area contributed by atoms with Crippen LogP contribution in [0.3, 0.4) is 0 Å². The van der Waals surface area contributed by atoms with Gasteiger partial charge in [0.15, 0.2) is 5.92 Å². The lowest BCUT2D eigenvalue weighted by Crippen LogP contribution is -2.58. The maximum atomic E-state index is 12.6. The molecule has 0 unspecified atom stereocenters. The van der Waals surface area contributed by atoms with Gasteiger partial charge in [0.25, 0.3) is 11.6 Å². The van der Waals surface area contributed by atoms with Crippen LogP contribution in [0.4, 0.5) is 21.9 Å². The van der Waals surface area contributed by atoms with Crippen LogP contribution in [0.25, 0.3) is 0 Å². The Hall–Kier alpha value is -3.59. The average molecular weight is 387 g/mol. The highest BCUT2D eigenvalue weighted by molar-refractivity contribution is 6.33. The maximum Gasteiger partial charge on any atom is 0.335 e. The third-order valence-corrected chi connectivity index (χ3v) is 3.95. The molecule has 0 radical (unpaired) electrons. The van der Waals surface area contributed by atoms with Crippen LogP contribution >= 0.6 is 11.6 Å². The molecular formula is C17H11ClN4O5. The Kier molecular flexibility index (Phi) is 4.95. The van der Waals surface area contributed by atoms with Gasteiger partial charge >= 0.3 is 6.03 Å². The predicted molar refractivity (Wildman–Crippen MR) is 97.2 cm³/mol. The summed E-state index contributed by atoms with van der Waals surface area (Å²) in [4.78, 5) is 51.7. The SMILES string of the molecule is O=C1NC(=O)N(c2ccc(Cl)cc2)C(=O)[C@@H]1C=Nc1cccc([N+](=O)[O-])c1. The molecular weight excluding hydrogens is 376 g/mol. The van der Waals surface area contributed by atoms with Crippen molar-refractivity contribution in [2.75, 3.05) is 4.90 Å². The Morgan fingerprint density at radius 2 is 1.85 bits per heavy atom. The van der Waals surface area contributed by atoms with E-state index in [1.54, 1.807) is 0 Å². The summed E-state index contributed by atoms with van der Waals surface area (Å²) in [5, 5.41) is 13.3. The second kappa shape index (κ2) is 7.34. The molecule has 3 rings (SSSR count). The van der Waals surface area contributed by atoms with E-state index in [-0.39, 0.29) is 17.1 Å². The number of amides is 4. The number of hydrogen-bond donors (Lipinski definition) is 1. The quantitative estimate of drug-likeness (QED) is 0.374. The molecule has 0 aromatic heterocycles. The minimum Gasteiger partial charge on any atom is -0.276 e. The number of urea groups is 1. The normalized spacial score (nSPS) is 17.3. The van der Waals surface area contributed by atoms with Crippen molar-refractivity contribution >= 4 is 52.7 Å². The number of halogens is 1. The molecule has 2 aromatic rings. The summed E-state index contributed by atoms with van der Waals surface area (Å²) >= 11 is 5.80. The number of hydrogen-bond acceptors (Lipinski definition) is 6. The molecule has 9 nitrogen and oxygen atoms in total. The number of aliphatic imine (C=N–C) groups is 1. The van der Waals surface area contributed by atoms with E-state index in [2.05, 4.69) is 10.3 Å². The topological polar surface area (TPSA) is 122 Å². The first-order valence-corrected chi connectivity index (χ1v) is 7.97. The number of rotatable bonds is 4. The Morgan fingerprint density at radius 1 is 1.15 bits per heavy atom. The molecule has 1 fully saturated rings. The van der Waals surface area contributed by atoms with E-state index in [4.69, 9.17) is 11.6 Å². The lowest BCUT2D eigenvalue weighted by molar-refractivity contribution is -0.384. The predicted octanol–water partition coefficient (Wildman–Crippen LogP) is 2.85. The van der Waals surface area contributed by atoms with Crippen LogP contribution in [-0.4, -0.2) is 29.0 Å². The van der Waals surface area contributed by atoms with Gasteiger partial charge in [-0.1, -0.05) is 17.7 Å². The third kappa shape index (κ3) is 3.82. The number of nitro groups is 1. The molecule has 1 N–H and O–H groups in total. The number of barbiturate groups is 1. The summed E-state index contributed by atoms with van der Waals surface area (Å²) in [7, 11) is 0. The second-order valence-corrected chi connectivity index (χ2v) is 5.91. The highest BCUT2D eigenvalue weighted by Crippen LogP contribution is 2.23. The van der Waals surface area contributed by atoms with Gasteiger partial charge in [-0.15, -0.1) is 0 Å². The monoisotopic (exact) mass is 386 g/mol. The number of imide groups is 2. The number of carbonyl (C=O) groups is 3. The summed E-state index contributed by atoms with van der Waals surface area (Å²) < 4.78 is 0. The van der Waals surface area contributed by atoms with Crippen LogP contribution in [0.2, 0.25) is 5.02 Å². The van der Waals surface area contributed by atoms with Gasteiger partial charge in [0.2, 0.25) is 5.91 Å². The standard InChI is InChI=1S/C17H11ClN4O5/c18-10-4-6-12(7-5-10)21-16(24)14(15(23)20-17(21)25)9-19-11-2-1-3-13(8-11)22(26)27/h1-9,14H,(H,20,23,25)/t14-/m1/s1. The van der Waals surface area contributed by atoms with Crippen molar-refractivity contribution in [3.05, 3.63) is 63.7 Å². The van der Waals surface area contributed by atoms with Gasteiger partial charge in [-0.3, -0.25) is 30.0 Å². The largest absolute Gasteiger partial charge is 0.335 e. The molecule has 136 valence electrons. The zero-order valence-electron chi connectivity index (χ0n) is 13.5. The maximum absolute atomic E-state index is 12.6. The van der Waals surface area contributed by atoms with Crippen molar-refractivity contribution in [1.29, 1.82) is 0 Å². The summed E-state index contributed by atoms with van der Waals surface area (Å²) in [6.45, 7) is 0. The molecule has 0 spiro atoms. The van der Waals surface area contributed by atoms with Gasteiger partial charge < -0.3 is 0 Å². The fraction of sp³-hybridized carbons (Fsp3) is 0.0588. The number of nitrogens with one attached hydrogen (secondary N) is 1. The van der Waals surface area contributed by atoms with Gasteiger partial charge in [-0.2, -0.15) is 0 Å². The Bertz CT molecular complexity index is 974. The molecule has 1 saturated heterocycles. The van der Waals surface area contributed by atoms with Crippen molar-refractivity contribution in [2.24, 2.45) is 10.9 Å². The third-order valence-electron chi connectivity index (χ3n) is 3.70. The van der Waals surface area contributed by atoms with Crippen molar-refractivity contribution < 1.29 is 19.3 Å². The zero-order chi connectivity index (χ0) is 19.6. The van der Waals surface area contributed by atoms with Crippen LogP contribution in [0.15, 0.2) is 53.5 Å². The number of nitrogens with zero attached hydrogens (tertiary/aromatic N) is 3. The van der Waals surface area contributed by atoms with Crippen molar-refractivity contribution in [3.63, 3.8) is 0 Å². The first-order valence-electron chi connectivity index (χ1n) is 7.60. The highest BCUT2D eigenvalue weighted by Gasteiger charge is 2.40. The number of benzene rings is 2. The van der Waals surface area contributed by atoms with E-state index in [1.807, 2.05) is 0 Å². The van der Waals surface area contributed by atoms with Crippen LogP contribution in [0, 0.1) is 16.0 Å². The van der Waals surface area contributed by atoms with E-state index >= 15 is 0 Å². The van der Waals surface area contributed by atoms with Crippen molar-refractivity contribution in [3.8, 4) is 0 Å². The van der Waals surface area contributed by atoms with Gasteiger partial charge in [-0.25, -0.2) is 9.69 Å². The van der Waals surface area contributed by atoms with E-state index in [9.17, 15) is 24.5 Å². The highest BCUT2D eigenvalue weighted by atomic mass is 35.5. The number of carbonyl (C=O) groups excluding carboxylic acids is 3. The number of non-ortho nitro benzene ring substituents is 1. The molecule has 1 atom stereocenters. The first kappa shape index (κ1) is 18.2. The molecule has 10 heteroatoms. The number of nitro benzene ring substituents is 1. The molecule has 0 bridgehead atoms. The van der Waals surface area contributed by atoms with Crippen LogP contribution in [0.5, 0.6) is 0 Å². The summed E-state index contributed by atoms with van der Waals surface area (Å²) in [6, 6.07) is 10.4. The fourth-order valence-electron chi connectivity index (χ4n) is 2.40. The van der Waals surface area contributed by atoms with E-state index < -0.39 is 28.7 Å².